The van der Waals surface area contributed by atoms with E-state index in [9.17, 15) is 9.59 Å². The van der Waals surface area contributed by atoms with Crippen molar-refractivity contribution in [2.45, 2.75) is 13.8 Å². The van der Waals surface area contributed by atoms with Gasteiger partial charge in [0.15, 0.2) is 0 Å². The molecule has 0 fully saturated rings. The van der Waals surface area contributed by atoms with Crippen LogP contribution in [0.5, 0.6) is 0 Å². The minimum atomic E-state index is -1.15. The summed E-state index contributed by atoms with van der Waals surface area (Å²) in [4.78, 5) is 28.4. The maximum Gasteiger partial charge on any atom is 0.354 e. The van der Waals surface area contributed by atoms with Gasteiger partial charge in [-0.15, -0.1) is 0 Å². The molecular weight excluding hydrogens is 248 g/mol. The van der Waals surface area contributed by atoms with E-state index in [0.29, 0.717) is 26.3 Å². The van der Waals surface area contributed by atoms with E-state index in [1.807, 2.05) is 13.8 Å². The molecule has 0 atom stereocenters. The van der Waals surface area contributed by atoms with Crippen LogP contribution in [0.3, 0.4) is 0 Å². The van der Waals surface area contributed by atoms with Crippen molar-refractivity contribution in [3.8, 4) is 0 Å². The van der Waals surface area contributed by atoms with Gasteiger partial charge in [-0.25, -0.2) is 9.78 Å². The van der Waals surface area contributed by atoms with Gasteiger partial charge in [-0.05, 0) is 26.0 Å². The molecule has 0 radical (unpaired) electrons. The lowest BCUT2D eigenvalue weighted by molar-refractivity contribution is 0.0661. The molecule has 0 aliphatic carbocycles. The first-order chi connectivity index (χ1) is 9.10. The van der Waals surface area contributed by atoms with Gasteiger partial charge in [0.05, 0.1) is 6.61 Å². The van der Waals surface area contributed by atoms with E-state index in [1.165, 1.54) is 18.2 Å². The number of aromatic carboxylic acids is 1. The Labute approximate surface area is 112 Å². The molecule has 6 nitrogen and oxygen atoms in total. The Balaban J connectivity index is 2.79. The van der Waals surface area contributed by atoms with Crippen LogP contribution in [0.4, 0.5) is 0 Å². The Kier molecular flexibility index (Phi) is 5.95. The molecule has 0 bridgehead atoms. The number of pyridine rings is 1. The molecule has 1 rings (SSSR count). The number of nitrogens with zero attached hydrogens (tertiary/aromatic N) is 2. The maximum atomic E-state index is 12.2. The third kappa shape index (κ3) is 4.33. The van der Waals surface area contributed by atoms with Crippen molar-refractivity contribution >= 4 is 11.9 Å². The summed E-state index contributed by atoms with van der Waals surface area (Å²) in [6.45, 7) is 5.77. The van der Waals surface area contributed by atoms with E-state index in [2.05, 4.69) is 4.98 Å². The average Bonchev–Trinajstić information content (AvgIpc) is 2.43. The first kappa shape index (κ1) is 15.1. The molecule has 19 heavy (non-hydrogen) atoms. The molecule has 0 saturated heterocycles. The van der Waals surface area contributed by atoms with Gasteiger partial charge in [-0.2, -0.15) is 0 Å². The molecule has 1 aromatic rings. The van der Waals surface area contributed by atoms with Crippen molar-refractivity contribution in [3.05, 3.63) is 29.6 Å². The molecule has 0 unspecified atom stereocenters. The third-order valence-corrected chi connectivity index (χ3v) is 2.57. The van der Waals surface area contributed by atoms with Crippen molar-refractivity contribution < 1.29 is 19.4 Å². The molecule has 6 heteroatoms. The average molecular weight is 266 g/mol. The fourth-order valence-electron chi connectivity index (χ4n) is 1.56. The van der Waals surface area contributed by atoms with E-state index in [0.717, 1.165) is 0 Å². The van der Waals surface area contributed by atoms with Crippen molar-refractivity contribution in [2.75, 3.05) is 26.3 Å². The Morgan fingerprint density at radius 3 is 2.58 bits per heavy atom. The molecule has 1 aromatic heterocycles. The number of amides is 1. The Hall–Kier alpha value is -1.95. The highest BCUT2D eigenvalue weighted by Gasteiger charge is 2.16. The summed E-state index contributed by atoms with van der Waals surface area (Å²) in [5.41, 5.74) is 0.00459. The first-order valence-electron chi connectivity index (χ1n) is 6.17. The summed E-state index contributed by atoms with van der Waals surface area (Å²) in [5, 5.41) is 8.85. The standard InChI is InChI=1S/C13H18N2O4/c1-3-15(8-9-19-4-2)12(16)10-6-5-7-11(14-10)13(17)18/h5-7H,3-4,8-9H2,1-2H3,(H,17,18). The van der Waals surface area contributed by atoms with Crippen molar-refractivity contribution in [1.29, 1.82) is 0 Å². The van der Waals surface area contributed by atoms with Gasteiger partial charge in [0.2, 0.25) is 0 Å². The van der Waals surface area contributed by atoms with Gasteiger partial charge in [0.25, 0.3) is 5.91 Å². The highest BCUT2D eigenvalue weighted by Crippen LogP contribution is 2.04. The molecule has 0 saturated carbocycles. The zero-order valence-electron chi connectivity index (χ0n) is 11.1. The number of hydrogen-bond acceptors (Lipinski definition) is 4. The molecule has 0 aliphatic heterocycles. The molecule has 0 aromatic carbocycles. The summed E-state index contributed by atoms with van der Waals surface area (Å²) in [6, 6.07) is 4.38. The van der Waals surface area contributed by atoms with Gasteiger partial charge < -0.3 is 14.7 Å². The topological polar surface area (TPSA) is 79.7 Å². The highest BCUT2D eigenvalue weighted by molar-refractivity contribution is 5.94. The molecule has 104 valence electrons. The number of aromatic nitrogens is 1. The lowest BCUT2D eigenvalue weighted by Crippen LogP contribution is -2.34. The van der Waals surface area contributed by atoms with Gasteiger partial charge in [0.1, 0.15) is 11.4 Å². The van der Waals surface area contributed by atoms with Crippen LogP contribution in [-0.2, 0) is 4.74 Å². The second-order valence-electron chi connectivity index (χ2n) is 3.79. The highest BCUT2D eigenvalue weighted by atomic mass is 16.5. The Morgan fingerprint density at radius 1 is 1.32 bits per heavy atom. The lowest BCUT2D eigenvalue weighted by Gasteiger charge is -2.20. The lowest BCUT2D eigenvalue weighted by atomic mass is 10.2. The third-order valence-electron chi connectivity index (χ3n) is 2.57. The SMILES string of the molecule is CCOCCN(CC)C(=O)c1cccc(C(=O)O)n1. The largest absolute Gasteiger partial charge is 0.477 e. The van der Waals surface area contributed by atoms with Crippen LogP contribution in [0, 0.1) is 0 Å². The Bertz CT molecular complexity index is 448. The van der Waals surface area contributed by atoms with Crippen molar-refractivity contribution in [1.82, 2.24) is 9.88 Å². The summed E-state index contributed by atoms with van der Waals surface area (Å²) >= 11 is 0. The quantitative estimate of drug-likeness (QED) is 0.752. The second-order valence-corrected chi connectivity index (χ2v) is 3.79. The van der Waals surface area contributed by atoms with E-state index < -0.39 is 5.97 Å². The predicted molar refractivity (Wildman–Crippen MR) is 69.3 cm³/mol. The fourth-order valence-corrected chi connectivity index (χ4v) is 1.56. The number of carboxylic acid groups (broad SMARTS) is 1. The van der Waals surface area contributed by atoms with E-state index in [-0.39, 0.29) is 17.3 Å². The van der Waals surface area contributed by atoms with Crippen LogP contribution >= 0.6 is 0 Å². The zero-order valence-corrected chi connectivity index (χ0v) is 11.1. The summed E-state index contributed by atoms with van der Waals surface area (Å²) < 4.78 is 5.21. The minimum Gasteiger partial charge on any atom is -0.477 e. The molecule has 0 spiro atoms. The van der Waals surface area contributed by atoms with Crippen LogP contribution in [0.2, 0.25) is 0 Å². The fraction of sp³-hybridized carbons (Fsp3) is 0.462. The number of carboxylic acids is 1. The van der Waals surface area contributed by atoms with E-state index >= 15 is 0 Å². The van der Waals surface area contributed by atoms with Crippen LogP contribution in [0.25, 0.3) is 0 Å². The number of carbonyl (C=O) groups is 2. The number of hydrogen-bond donors (Lipinski definition) is 1. The molecule has 1 N–H and O–H groups in total. The second kappa shape index (κ2) is 7.48. The maximum absolute atomic E-state index is 12.2. The van der Waals surface area contributed by atoms with Crippen LogP contribution in [0.1, 0.15) is 34.8 Å². The molecule has 0 aliphatic rings. The van der Waals surface area contributed by atoms with Gasteiger partial charge in [-0.3, -0.25) is 4.79 Å². The normalized spacial score (nSPS) is 10.2. The summed E-state index contributed by atoms with van der Waals surface area (Å²) in [6.07, 6.45) is 0. The number of likely N-dealkylation sites (N-methyl/N-ethyl adjacent to an activating group) is 1. The smallest absolute Gasteiger partial charge is 0.354 e. The minimum absolute atomic E-state index is 0.133. The number of ether oxygens (including phenoxy) is 1. The van der Waals surface area contributed by atoms with Crippen LogP contribution < -0.4 is 0 Å². The number of carbonyl (C=O) groups excluding carboxylic acids is 1. The van der Waals surface area contributed by atoms with E-state index in [1.54, 1.807) is 4.90 Å². The van der Waals surface area contributed by atoms with Crippen LogP contribution in [0.15, 0.2) is 18.2 Å². The zero-order chi connectivity index (χ0) is 14.3. The van der Waals surface area contributed by atoms with Gasteiger partial charge in [-0.1, -0.05) is 6.07 Å². The summed E-state index contributed by atoms with van der Waals surface area (Å²) in [5.74, 6) is -1.43. The van der Waals surface area contributed by atoms with Crippen molar-refractivity contribution in [2.24, 2.45) is 0 Å². The van der Waals surface area contributed by atoms with E-state index in [4.69, 9.17) is 9.84 Å². The monoisotopic (exact) mass is 266 g/mol. The molecule has 1 amide bonds. The van der Waals surface area contributed by atoms with Crippen molar-refractivity contribution in [3.63, 3.8) is 0 Å². The first-order valence-corrected chi connectivity index (χ1v) is 6.17. The molecular formula is C13H18N2O4. The van der Waals surface area contributed by atoms with Crippen LogP contribution in [-0.4, -0.2) is 53.2 Å². The summed E-state index contributed by atoms with van der Waals surface area (Å²) in [7, 11) is 0. The Morgan fingerprint density at radius 2 is 2.00 bits per heavy atom. The van der Waals surface area contributed by atoms with Gasteiger partial charge in [0, 0.05) is 19.7 Å². The predicted octanol–water partition coefficient (Wildman–Crippen LogP) is 1.28. The molecule has 1 heterocycles. The number of rotatable bonds is 7. The van der Waals surface area contributed by atoms with Gasteiger partial charge >= 0.3 is 5.97 Å².